The molecule has 1 unspecified atom stereocenters. The van der Waals surface area contributed by atoms with Gasteiger partial charge in [0.1, 0.15) is 5.78 Å². The van der Waals surface area contributed by atoms with Gasteiger partial charge in [-0.2, -0.15) is 0 Å². The third kappa shape index (κ3) is 3.77. The highest BCUT2D eigenvalue weighted by Gasteiger charge is 2.28. The predicted molar refractivity (Wildman–Crippen MR) is 69.4 cm³/mol. The monoisotopic (exact) mass is 222 g/mol. The second kappa shape index (κ2) is 5.65. The van der Waals surface area contributed by atoms with Crippen molar-refractivity contribution in [1.82, 2.24) is 0 Å². The van der Waals surface area contributed by atoms with Gasteiger partial charge in [-0.05, 0) is 43.9 Å². The first-order valence-electron chi connectivity index (χ1n) is 6.63. The Balaban J connectivity index is 2.45. The number of Topliss-reactive ketones (excluding diaryl/α,β-unsaturated/α-hetero) is 1. The molecule has 0 aromatic carbocycles. The number of hydrogen-bond donors (Lipinski definition) is 0. The zero-order chi connectivity index (χ0) is 12.2. The van der Waals surface area contributed by atoms with Crippen molar-refractivity contribution in [3.8, 4) is 0 Å². The minimum absolute atomic E-state index is 0.317. The van der Waals surface area contributed by atoms with Crippen LogP contribution < -0.4 is 0 Å². The van der Waals surface area contributed by atoms with E-state index in [0.29, 0.717) is 11.2 Å². The fraction of sp³-hybridized carbons (Fsp3) is 0.800. The Morgan fingerprint density at radius 3 is 2.62 bits per heavy atom. The maximum absolute atomic E-state index is 10.9. The predicted octanol–water partition coefficient (Wildman–Crippen LogP) is 4.52. The Kier molecular flexibility index (Phi) is 4.76. The molecule has 0 aliphatic heterocycles. The molecule has 0 aromatic heterocycles. The summed E-state index contributed by atoms with van der Waals surface area (Å²) >= 11 is 0. The van der Waals surface area contributed by atoms with Gasteiger partial charge in [0.05, 0.1) is 0 Å². The summed E-state index contributed by atoms with van der Waals surface area (Å²) in [7, 11) is 0. The van der Waals surface area contributed by atoms with Gasteiger partial charge >= 0.3 is 0 Å². The maximum atomic E-state index is 10.9. The second-order valence-corrected chi connectivity index (χ2v) is 5.88. The average Bonchev–Trinajstić information content (AvgIpc) is 2.27. The molecular weight excluding hydrogens is 196 g/mol. The van der Waals surface area contributed by atoms with E-state index in [-0.39, 0.29) is 0 Å². The molecule has 1 heteroatoms. The fourth-order valence-corrected chi connectivity index (χ4v) is 2.45. The maximum Gasteiger partial charge on any atom is 0.130 e. The lowest BCUT2D eigenvalue weighted by Gasteiger charge is -2.35. The largest absolute Gasteiger partial charge is 0.300 e. The van der Waals surface area contributed by atoms with Crippen LogP contribution in [-0.4, -0.2) is 5.78 Å². The van der Waals surface area contributed by atoms with Crippen LogP contribution in [0.2, 0.25) is 0 Å². The van der Waals surface area contributed by atoms with E-state index in [1.165, 1.54) is 31.3 Å². The van der Waals surface area contributed by atoms with Crippen LogP contribution in [0.15, 0.2) is 11.6 Å². The van der Waals surface area contributed by atoms with Crippen LogP contribution in [0.25, 0.3) is 0 Å². The standard InChI is InChI=1S/C15H26O/c1-5-15(3,4)14-10-8-13(9-11-14)7-6-12(2)16/h8,14H,5-7,9-11H2,1-4H3. The van der Waals surface area contributed by atoms with E-state index in [4.69, 9.17) is 0 Å². The van der Waals surface area contributed by atoms with Crippen molar-refractivity contribution in [3.05, 3.63) is 11.6 Å². The molecular formula is C15H26O. The van der Waals surface area contributed by atoms with Gasteiger partial charge in [0.25, 0.3) is 0 Å². The summed E-state index contributed by atoms with van der Waals surface area (Å²) in [6.07, 6.45) is 9.12. The molecule has 1 atom stereocenters. The molecule has 0 saturated heterocycles. The minimum atomic E-state index is 0.317. The summed E-state index contributed by atoms with van der Waals surface area (Å²) in [5.74, 6) is 1.15. The Bertz CT molecular complexity index is 273. The van der Waals surface area contributed by atoms with Crippen LogP contribution in [0.5, 0.6) is 0 Å². The highest BCUT2D eigenvalue weighted by molar-refractivity contribution is 5.75. The molecule has 0 heterocycles. The van der Waals surface area contributed by atoms with Crippen molar-refractivity contribution >= 4 is 5.78 Å². The van der Waals surface area contributed by atoms with Crippen LogP contribution in [0.3, 0.4) is 0 Å². The van der Waals surface area contributed by atoms with Gasteiger partial charge in [0.15, 0.2) is 0 Å². The Labute approximate surface area is 100 Å². The number of ketones is 1. The van der Waals surface area contributed by atoms with Gasteiger partial charge < -0.3 is 4.79 Å². The van der Waals surface area contributed by atoms with Crippen molar-refractivity contribution in [2.75, 3.05) is 0 Å². The number of carbonyl (C=O) groups is 1. The molecule has 0 amide bonds. The lowest BCUT2D eigenvalue weighted by molar-refractivity contribution is -0.116. The number of hydrogen-bond acceptors (Lipinski definition) is 1. The van der Waals surface area contributed by atoms with E-state index in [9.17, 15) is 4.79 Å². The highest BCUT2D eigenvalue weighted by atomic mass is 16.1. The Hall–Kier alpha value is -0.590. The highest BCUT2D eigenvalue weighted by Crippen LogP contribution is 2.40. The molecule has 1 rings (SSSR count). The third-order valence-corrected chi connectivity index (χ3v) is 4.32. The van der Waals surface area contributed by atoms with Crippen molar-refractivity contribution in [2.24, 2.45) is 11.3 Å². The first kappa shape index (κ1) is 13.5. The normalized spacial score (nSPS) is 21.8. The molecule has 1 aliphatic carbocycles. The van der Waals surface area contributed by atoms with Gasteiger partial charge in [-0.15, -0.1) is 0 Å². The number of carbonyl (C=O) groups excluding carboxylic acids is 1. The van der Waals surface area contributed by atoms with Crippen LogP contribution in [0, 0.1) is 11.3 Å². The molecule has 16 heavy (non-hydrogen) atoms. The fourth-order valence-electron chi connectivity index (χ4n) is 2.45. The SMILES string of the molecule is CCC(C)(C)C1CC=C(CCC(C)=O)CC1. The molecule has 0 fully saturated rings. The second-order valence-electron chi connectivity index (χ2n) is 5.88. The number of allylic oxidation sites excluding steroid dienone is 2. The van der Waals surface area contributed by atoms with Gasteiger partial charge in [-0.1, -0.05) is 38.8 Å². The number of rotatable bonds is 5. The van der Waals surface area contributed by atoms with E-state index in [2.05, 4.69) is 26.8 Å². The summed E-state index contributed by atoms with van der Waals surface area (Å²) in [5, 5.41) is 0. The third-order valence-electron chi connectivity index (χ3n) is 4.32. The first-order chi connectivity index (χ1) is 7.45. The quantitative estimate of drug-likeness (QED) is 0.625. The van der Waals surface area contributed by atoms with E-state index >= 15 is 0 Å². The molecule has 0 bridgehead atoms. The van der Waals surface area contributed by atoms with Gasteiger partial charge in [-0.3, -0.25) is 0 Å². The summed E-state index contributed by atoms with van der Waals surface area (Å²) in [4.78, 5) is 10.9. The van der Waals surface area contributed by atoms with Crippen molar-refractivity contribution < 1.29 is 4.79 Å². The van der Waals surface area contributed by atoms with Crippen LogP contribution in [0.4, 0.5) is 0 Å². The lowest BCUT2D eigenvalue weighted by Crippen LogP contribution is -2.24. The molecule has 1 aliphatic rings. The molecule has 0 aromatic rings. The molecule has 0 saturated carbocycles. The average molecular weight is 222 g/mol. The lowest BCUT2D eigenvalue weighted by atomic mass is 9.70. The Morgan fingerprint density at radius 1 is 1.50 bits per heavy atom. The minimum Gasteiger partial charge on any atom is -0.300 e. The van der Waals surface area contributed by atoms with Gasteiger partial charge in [0, 0.05) is 6.42 Å². The molecule has 92 valence electrons. The molecule has 0 radical (unpaired) electrons. The van der Waals surface area contributed by atoms with Crippen LogP contribution in [-0.2, 0) is 4.79 Å². The molecule has 0 N–H and O–H groups in total. The summed E-state index contributed by atoms with van der Waals surface area (Å²) in [5.41, 5.74) is 1.99. The summed E-state index contributed by atoms with van der Waals surface area (Å²) in [6, 6.07) is 0. The van der Waals surface area contributed by atoms with Gasteiger partial charge in [-0.25, -0.2) is 0 Å². The van der Waals surface area contributed by atoms with Crippen LogP contribution >= 0.6 is 0 Å². The van der Waals surface area contributed by atoms with E-state index in [1.807, 2.05) is 0 Å². The van der Waals surface area contributed by atoms with Crippen LogP contribution in [0.1, 0.15) is 66.2 Å². The van der Waals surface area contributed by atoms with E-state index in [0.717, 1.165) is 18.8 Å². The van der Waals surface area contributed by atoms with Gasteiger partial charge in [0.2, 0.25) is 0 Å². The zero-order valence-electron chi connectivity index (χ0n) is 11.3. The van der Waals surface area contributed by atoms with Crippen molar-refractivity contribution in [2.45, 2.75) is 66.2 Å². The smallest absolute Gasteiger partial charge is 0.130 e. The van der Waals surface area contributed by atoms with E-state index in [1.54, 1.807) is 6.92 Å². The summed E-state index contributed by atoms with van der Waals surface area (Å²) < 4.78 is 0. The zero-order valence-corrected chi connectivity index (χ0v) is 11.3. The molecule has 1 nitrogen and oxygen atoms in total. The molecule has 0 spiro atoms. The Morgan fingerprint density at radius 2 is 2.19 bits per heavy atom. The summed E-state index contributed by atoms with van der Waals surface area (Å²) in [6.45, 7) is 8.74. The van der Waals surface area contributed by atoms with Crippen molar-refractivity contribution in [1.29, 1.82) is 0 Å². The first-order valence-corrected chi connectivity index (χ1v) is 6.63. The van der Waals surface area contributed by atoms with Crippen molar-refractivity contribution in [3.63, 3.8) is 0 Å². The topological polar surface area (TPSA) is 17.1 Å². The van der Waals surface area contributed by atoms with E-state index < -0.39 is 0 Å².